The van der Waals surface area contributed by atoms with Gasteiger partial charge in [-0.2, -0.15) is 0 Å². The Balaban J connectivity index is 1.66. The quantitative estimate of drug-likeness (QED) is 0.721. The Morgan fingerprint density at radius 3 is 2.77 bits per heavy atom. The zero-order valence-corrected chi connectivity index (χ0v) is 12.1. The van der Waals surface area contributed by atoms with Gasteiger partial charge in [0, 0.05) is 47.3 Å². The van der Waals surface area contributed by atoms with Gasteiger partial charge in [0.25, 0.3) is 0 Å². The second-order valence-electron chi connectivity index (χ2n) is 5.90. The standard InChI is InChI=1S/C17H17N3O2/c21-17(22)20-7-4-11(5-8-20)12-1-2-13-14-10-18-6-3-15(14)19-16(13)9-12/h1-3,6,9-11,19H,4-5,7-8H2,(H,21,22). The third-order valence-electron chi connectivity index (χ3n) is 4.66. The Morgan fingerprint density at radius 2 is 2.00 bits per heavy atom. The van der Waals surface area contributed by atoms with E-state index < -0.39 is 6.09 Å². The Hall–Kier alpha value is -2.56. The summed E-state index contributed by atoms with van der Waals surface area (Å²) in [6.45, 7) is 1.24. The number of hydrogen-bond acceptors (Lipinski definition) is 2. The molecule has 112 valence electrons. The van der Waals surface area contributed by atoms with Crippen LogP contribution in [0.4, 0.5) is 4.79 Å². The zero-order chi connectivity index (χ0) is 15.1. The monoisotopic (exact) mass is 295 g/mol. The van der Waals surface area contributed by atoms with Crippen molar-refractivity contribution in [3.63, 3.8) is 0 Å². The molecule has 5 heteroatoms. The molecule has 0 atom stereocenters. The molecule has 1 aliphatic rings. The van der Waals surface area contributed by atoms with Crippen LogP contribution in [0.5, 0.6) is 0 Å². The molecule has 22 heavy (non-hydrogen) atoms. The molecule has 1 saturated heterocycles. The maximum Gasteiger partial charge on any atom is 0.407 e. The predicted octanol–water partition coefficient (Wildman–Crippen LogP) is 3.57. The lowest BCUT2D eigenvalue weighted by atomic mass is 9.89. The van der Waals surface area contributed by atoms with E-state index in [1.807, 2.05) is 12.3 Å². The molecule has 0 radical (unpaired) electrons. The number of pyridine rings is 1. The fourth-order valence-corrected chi connectivity index (χ4v) is 3.42. The average Bonchev–Trinajstić information content (AvgIpc) is 2.92. The number of carboxylic acid groups (broad SMARTS) is 1. The van der Waals surface area contributed by atoms with E-state index in [-0.39, 0.29) is 0 Å². The molecule has 2 aromatic heterocycles. The number of amides is 1. The van der Waals surface area contributed by atoms with Crippen molar-refractivity contribution < 1.29 is 9.90 Å². The molecule has 0 bridgehead atoms. The van der Waals surface area contributed by atoms with E-state index in [9.17, 15) is 4.79 Å². The summed E-state index contributed by atoms with van der Waals surface area (Å²) in [6, 6.07) is 8.51. The molecular weight excluding hydrogens is 278 g/mol. The highest BCUT2D eigenvalue weighted by Crippen LogP contribution is 2.32. The first-order chi connectivity index (χ1) is 10.7. The summed E-state index contributed by atoms with van der Waals surface area (Å²) < 4.78 is 0. The summed E-state index contributed by atoms with van der Waals surface area (Å²) in [6.07, 6.45) is 4.65. The van der Waals surface area contributed by atoms with Gasteiger partial charge in [0.05, 0.1) is 0 Å². The number of H-pyrrole nitrogens is 1. The number of piperidine rings is 1. The Bertz CT molecular complexity index is 847. The normalized spacial score (nSPS) is 16.5. The van der Waals surface area contributed by atoms with Gasteiger partial charge in [0.1, 0.15) is 0 Å². The highest BCUT2D eigenvalue weighted by molar-refractivity contribution is 6.06. The molecule has 1 aliphatic heterocycles. The summed E-state index contributed by atoms with van der Waals surface area (Å²) in [5, 5.41) is 11.4. The number of aromatic nitrogens is 2. The van der Waals surface area contributed by atoms with Gasteiger partial charge >= 0.3 is 6.09 Å². The van der Waals surface area contributed by atoms with Crippen molar-refractivity contribution in [2.45, 2.75) is 18.8 Å². The van der Waals surface area contributed by atoms with Crippen LogP contribution in [-0.4, -0.2) is 39.2 Å². The maximum atomic E-state index is 11.0. The third kappa shape index (κ3) is 2.09. The first kappa shape index (κ1) is 13.1. The minimum Gasteiger partial charge on any atom is -0.465 e. The number of carbonyl (C=O) groups is 1. The summed E-state index contributed by atoms with van der Waals surface area (Å²) >= 11 is 0. The largest absolute Gasteiger partial charge is 0.465 e. The lowest BCUT2D eigenvalue weighted by Gasteiger charge is -2.30. The van der Waals surface area contributed by atoms with E-state index in [2.05, 4.69) is 28.2 Å². The van der Waals surface area contributed by atoms with Crippen LogP contribution in [0, 0.1) is 0 Å². The zero-order valence-electron chi connectivity index (χ0n) is 12.1. The first-order valence-corrected chi connectivity index (χ1v) is 7.55. The van der Waals surface area contributed by atoms with Crippen LogP contribution < -0.4 is 0 Å². The van der Waals surface area contributed by atoms with Crippen molar-refractivity contribution in [3.8, 4) is 0 Å². The number of rotatable bonds is 1. The number of benzene rings is 1. The second kappa shape index (κ2) is 5.02. The summed E-state index contributed by atoms with van der Waals surface area (Å²) in [7, 11) is 0. The van der Waals surface area contributed by atoms with Gasteiger partial charge in [-0.15, -0.1) is 0 Å². The molecular formula is C17H17N3O2. The van der Waals surface area contributed by atoms with E-state index in [4.69, 9.17) is 5.11 Å². The Kier molecular flexibility index (Phi) is 2.99. The topological polar surface area (TPSA) is 69.2 Å². The van der Waals surface area contributed by atoms with Gasteiger partial charge < -0.3 is 15.0 Å². The van der Waals surface area contributed by atoms with Gasteiger partial charge in [0.2, 0.25) is 0 Å². The predicted molar refractivity (Wildman–Crippen MR) is 85.2 cm³/mol. The summed E-state index contributed by atoms with van der Waals surface area (Å²) in [4.78, 5) is 20.1. The Morgan fingerprint density at radius 1 is 1.18 bits per heavy atom. The summed E-state index contributed by atoms with van der Waals surface area (Å²) in [5.41, 5.74) is 3.51. The SMILES string of the molecule is O=C(O)N1CCC(c2ccc3c(c2)[nH]c2ccncc23)CC1. The van der Waals surface area contributed by atoms with Crippen LogP contribution in [0.25, 0.3) is 21.8 Å². The molecule has 0 aliphatic carbocycles. The number of fused-ring (bicyclic) bond motifs is 3. The van der Waals surface area contributed by atoms with Gasteiger partial charge in [-0.1, -0.05) is 12.1 Å². The van der Waals surface area contributed by atoms with Crippen LogP contribution in [-0.2, 0) is 0 Å². The number of aromatic amines is 1. The smallest absolute Gasteiger partial charge is 0.407 e. The minimum atomic E-state index is -0.808. The number of hydrogen-bond donors (Lipinski definition) is 2. The fraction of sp³-hybridized carbons (Fsp3) is 0.294. The molecule has 0 saturated carbocycles. The first-order valence-electron chi connectivity index (χ1n) is 7.55. The van der Waals surface area contributed by atoms with Crippen LogP contribution in [0.2, 0.25) is 0 Å². The third-order valence-corrected chi connectivity index (χ3v) is 4.66. The van der Waals surface area contributed by atoms with Crippen LogP contribution in [0.3, 0.4) is 0 Å². The molecule has 0 spiro atoms. The second-order valence-corrected chi connectivity index (χ2v) is 5.90. The van der Waals surface area contributed by atoms with Crippen molar-refractivity contribution in [3.05, 3.63) is 42.2 Å². The van der Waals surface area contributed by atoms with Gasteiger partial charge in [-0.05, 0) is 36.5 Å². The number of likely N-dealkylation sites (tertiary alicyclic amines) is 1. The maximum absolute atomic E-state index is 11.0. The highest BCUT2D eigenvalue weighted by Gasteiger charge is 2.23. The van der Waals surface area contributed by atoms with Crippen molar-refractivity contribution >= 4 is 27.9 Å². The molecule has 4 rings (SSSR count). The van der Waals surface area contributed by atoms with E-state index in [0.717, 1.165) is 29.3 Å². The molecule has 1 fully saturated rings. The van der Waals surface area contributed by atoms with Gasteiger partial charge in [-0.25, -0.2) is 4.79 Å². The average molecular weight is 295 g/mol. The van der Waals surface area contributed by atoms with Crippen LogP contribution >= 0.6 is 0 Å². The van der Waals surface area contributed by atoms with E-state index in [1.165, 1.54) is 15.8 Å². The Labute approximate surface area is 127 Å². The van der Waals surface area contributed by atoms with E-state index >= 15 is 0 Å². The van der Waals surface area contributed by atoms with E-state index in [1.54, 1.807) is 6.20 Å². The summed E-state index contributed by atoms with van der Waals surface area (Å²) in [5.74, 6) is 0.435. The fourth-order valence-electron chi connectivity index (χ4n) is 3.42. The van der Waals surface area contributed by atoms with Crippen molar-refractivity contribution in [1.82, 2.24) is 14.9 Å². The molecule has 5 nitrogen and oxygen atoms in total. The van der Waals surface area contributed by atoms with Crippen LogP contribution in [0.1, 0.15) is 24.3 Å². The number of nitrogens with one attached hydrogen (secondary N) is 1. The highest BCUT2D eigenvalue weighted by atomic mass is 16.4. The lowest BCUT2D eigenvalue weighted by molar-refractivity contribution is 0.132. The molecule has 1 aromatic carbocycles. The molecule has 1 amide bonds. The van der Waals surface area contributed by atoms with Gasteiger partial charge in [0.15, 0.2) is 0 Å². The van der Waals surface area contributed by atoms with Gasteiger partial charge in [-0.3, -0.25) is 4.98 Å². The molecule has 3 aromatic rings. The molecule has 3 heterocycles. The van der Waals surface area contributed by atoms with E-state index in [0.29, 0.717) is 19.0 Å². The minimum absolute atomic E-state index is 0.435. The van der Waals surface area contributed by atoms with Crippen molar-refractivity contribution in [2.75, 3.05) is 13.1 Å². The van der Waals surface area contributed by atoms with Crippen LogP contribution in [0.15, 0.2) is 36.7 Å². The lowest BCUT2D eigenvalue weighted by Crippen LogP contribution is -2.36. The van der Waals surface area contributed by atoms with Crippen molar-refractivity contribution in [2.24, 2.45) is 0 Å². The number of nitrogens with zero attached hydrogens (tertiary/aromatic N) is 2. The van der Waals surface area contributed by atoms with Crippen molar-refractivity contribution in [1.29, 1.82) is 0 Å². The molecule has 2 N–H and O–H groups in total. The molecule has 0 unspecified atom stereocenters.